The van der Waals surface area contributed by atoms with Crippen LogP contribution in [-0.4, -0.2) is 34.3 Å². The van der Waals surface area contributed by atoms with Gasteiger partial charge in [0.05, 0.1) is 4.91 Å². The second-order valence-electron chi connectivity index (χ2n) is 7.83. The van der Waals surface area contributed by atoms with Crippen LogP contribution in [0, 0.1) is 6.92 Å². The number of thiocarbonyl (C=S) groups is 1. The number of hydrogen-bond donors (Lipinski definition) is 0. The molecule has 0 bridgehead atoms. The van der Waals surface area contributed by atoms with Gasteiger partial charge in [0.15, 0.2) is 0 Å². The van der Waals surface area contributed by atoms with Gasteiger partial charge in [-0.1, -0.05) is 37.0 Å². The van der Waals surface area contributed by atoms with E-state index in [0.717, 1.165) is 12.0 Å². The van der Waals surface area contributed by atoms with Crippen LogP contribution in [0.25, 0.3) is 6.08 Å². The summed E-state index contributed by atoms with van der Waals surface area (Å²) in [5, 5.41) is 0. The van der Waals surface area contributed by atoms with Gasteiger partial charge in [0.25, 0.3) is 5.91 Å². The van der Waals surface area contributed by atoms with E-state index < -0.39 is 0 Å². The molecule has 2 aliphatic heterocycles. The number of aryl methyl sites for hydroxylation is 1. The Bertz CT molecular complexity index is 826. The van der Waals surface area contributed by atoms with Gasteiger partial charge in [0.1, 0.15) is 4.32 Å². The molecule has 0 aromatic heterocycles. The van der Waals surface area contributed by atoms with Crippen LogP contribution in [0.3, 0.4) is 0 Å². The van der Waals surface area contributed by atoms with Gasteiger partial charge in [-0.2, -0.15) is 0 Å². The maximum absolute atomic E-state index is 12.6. The molecular formula is C21H26N2OS2. The molecule has 2 aliphatic rings. The molecule has 2 heterocycles. The molecule has 0 spiro atoms. The van der Waals surface area contributed by atoms with Gasteiger partial charge in [0.2, 0.25) is 0 Å². The first-order valence-electron chi connectivity index (χ1n) is 8.90. The molecule has 1 aromatic carbocycles. The van der Waals surface area contributed by atoms with Gasteiger partial charge in [-0.25, -0.2) is 0 Å². The molecular weight excluding hydrogens is 360 g/mol. The van der Waals surface area contributed by atoms with Crippen LogP contribution in [-0.2, 0) is 4.79 Å². The van der Waals surface area contributed by atoms with Crippen molar-refractivity contribution in [2.45, 2.75) is 45.6 Å². The molecule has 26 heavy (non-hydrogen) atoms. The Morgan fingerprint density at radius 3 is 2.77 bits per heavy atom. The van der Waals surface area contributed by atoms with Crippen molar-refractivity contribution < 1.29 is 4.79 Å². The highest BCUT2D eigenvalue weighted by molar-refractivity contribution is 8.26. The lowest BCUT2D eigenvalue weighted by Crippen LogP contribution is -2.45. The molecule has 138 valence electrons. The van der Waals surface area contributed by atoms with Gasteiger partial charge in [-0.05, 0) is 68.0 Å². The SMILES string of the molecule is C=CCN1C(=O)/C(=C/c2cc3c(cc2C)N(C)C(C)(C)CC3C)SC1=S. The lowest BCUT2D eigenvalue weighted by atomic mass is 9.79. The Morgan fingerprint density at radius 1 is 1.42 bits per heavy atom. The summed E-state index contributed by atoms with van der Waals surface area (Å²) >= 11 is 6.71. The molecule has 1 fully saturated rings. The maximum atomic E-state index is 12.6. The number of fused-ring (bicyclic) bond motifs is 1. The van der Waals surface area contributed by atoms with Crippen LogP contribution < -0.4 is 4.90 Å². The Kier molecular flexibility index (Phi) is 5.06. The van der Waals surface area contributed by atoms with E-state index in [1.807, 2.05) is 6.08 Å². The normalized spacial score (nSPS) is 23.6. The molecule has 1 saturated heterocycles. The molecule has 1 amide bonds. The standard InChI is InChI=1S/C21H26N2OS2/c1-7-8-23-19(24)18(26-20(23)25)11-15-10-16-14(3)12-21(4,5)22(6)17(16)9-13(15)2/h7,9-11,14H,1,8,12H2,2-6H3/b18-11-. The largest absolute Gasteiger partial charge is 0.369 e. The minimum absolute atomic E-state index is 0.0247. The molecule has 0 radical (unpaired) electrons. The van der Waals surface area contributed by atoms with Crippen molar-refractivity contribution in [1.29, 1.82) is 0 Å². The molecule has 1 unspecified atom stereocenters. The first kappa shape index (κ1) is 19.2. The number of nitrogens with zero attached hydrogens (tertiary/aromatic N) is 2. The third kappa shape index (κ3) is 3.23. The van der Waals surface area contributed by atoms with E-state index in [4.69, 9.17) is 12.2 Å². The Hall–Kier alpha value is -1.59. The van der Waals surface area contributed by atoms with Crippen molar-refractivity contribution in [3.05, 3.63) is 46.4 Å². The maximum Gasteiger partial charge on any atom is 0.266 e. The minimum Gasteiger partial charge on any atom is -0.369 e. The fourth-order valence-corrected chi connectivity index (χ4v) is 5.08. The van der Waals surface area contributed by atoms with Crippen LogP contribution in [0.2, 0.25) is 0 Å². The Morgan fingerprint density at radius 2 is 2.12 bits per heavy atom. The summed E-state index contributed by atoms with van der Waals surface area (Å²) in [6.07, 6.45) is 4.81. The second-order valence-corrected chi connectivity index (χ2v) is 9.50. The van der Waals surface area contributed by atoms with E-state index in [0.29, 0.717) is 21.7 Å². The van der Waals surface area contributed by atoms with E-state index in [9.17, 15) is 4.79 Å². The molecule has 1 atom stereocenters. The fourth-order valence-electron chi connectivity index (χ4n) is 3.82. The van der Waals surface area contributed by atoms with Gasteiger partial charge in [-0.15, -0.1) is 6.58 Å². The average molecular weight is 387 g/mol. The first-order chi connectivity index (χ1) is 12.2. The van der Waals surface area contributed by atoms with Crippen LogP contribution in [0.4, 0.5) is 5.69 Å². The van der Waals surface area contributed by atoms with Crippen LogP contribution >= 0.6 is 24.0 Å². The average Bonchev–Trinajstić information content (AvgIpc) is 2.82. The number of benzene rings is 1. The summed E-state index contributed by atoms with van der Waals surface area (Å²) in [7, 11) is 2.17. The van der Waals surface area contributed by atoms with Crippen molar-refractivity contribution in [3.63, 3.8) is 0 Å². The number of amides is 1. The number of anilines is 1. The van der Waals surface area contributed by atoms with Crippen LogP contribution in [0.5, 0.6) is 0 Å². The van der Waals surface area contributed by atoms with E-state index >= 15 is 0 Å². The number of hydrogen-bond acceptors (Lipinski definition) is 4. The third-order valence-corrected chi connectivity index (χ3v) is 6.87. The predicted molar refractivity (Wildman–Crippen MR) is 117 cm³/mol. The van der Waals surface area contributed by atoms with Gasteiger partial charge in [0, 0.05) is 24.8 Å². The lowest BCUT2D eigenvalue weighted by molar-refractivity contribution is -0.121. The zero-order chi connectivity index (χ0) is 19.2. The molecule has 0 aliphatic carbocycles. The molecule has 1 aromatic rings. The van der Waals surface area contributed by atoms with Gasteiger partial charge >= 0.3 is 0 Å². The minimum atomic E-state index is -0.0247. The first-order valence-corrected chi connectivity index (χ1v) is 10.1. The Labute approximate surface area is 166 Å². The highest BCUT2D eigenvalue weighted by Crippen LogP contribution is 2.44. The van der Waals surface area contributed by atoms with E-state index in [-0.39, 0.29) is 11.4 Å². The molecule has 0 saturated carbocycles. The van der Waals surface area contributed by atoms with Crippen molar-refractivity contribution in [2.75, 3.05) is 18.5 Å². The summed E-state index contributed by atoms with van der Waals surface area (Å²) < 4.78 is 0.603. The van der Waals surface area contributed by atoms with Crippen molar-refractivity contribution in [2.24, 2.45) is 0 Å². The molecule has 0 N–H and O–H groups in total. The third-order valence-electron chi connectivity index (χ3n) is 5.49. The summed E-state index contributed by atoms with van der Waals surface area (Å²) in [5.41, 5.74) is 5.07. The number of rotatable bonds is 3. The van der Waals surface area contributed by atoms with Crippen molar-refractivity contribution >= 4 is 46.0 Å². The van der Waals surface area contributed by atoms with E-state index in [2.05, 4.69) is 58.4 Å². The van der Waals surface area contributed by atoms with E-state index in [1.54, 1.807) is 11.0 Å². The van der Waals surface area contributed by atoms with Crippen LogP contribution in [0.15, 0.2) is 29.7 Å². The zero-order valence-electron chi connectivity index (χ0n) is 16.1. The number of carbonyl (C=O) groups is 1. The monoisotopic (exact) mass is 386 g/mol. The fraction of sp³-hybridized carbons (Fsp3) is 0.429. The number of thioether (sulfide) groups is 1. The molecule has 3 rings (SSSR count). The van der Waals surface area contributed by atoms with Crippen molar-refractivity contribution in [3.8, 4) is 0 Å². The summed E-state index contributed by atoms with van der Waals surface area (Å²) in [4.78, 5) is 17.3. The summed E-state index contributed by atoms with van der Waals surface area (Å²) in [6, 6.07) is 4.50. The Balaban J connectivity index is 2.01. The lowest BCUT2D eigenvalue weighted by Gasteiger charge is -2.45. The summed E-state index contributed by atoms with van der Waals surface area (Å²) in [6.45, 7) is 13.1. The second kappa shape index (κ2) is 6.86. The smallest absolute Gasteiger partial charge is 0.266 e. The number of carbonyl (C=O) groups excluding carboxylic acids is 1. The molecule has 5 heteroatoms. The van der Waals surface area contributed by atoms with Crippen molar-refractivity contribution in [1.82, 2.24) is 4.90 Å². The predicted octanol–water partition coefficient (Wildman–Crippen LogP) is 5.10. The molecule has 3 nitrogen and oxygen atoms in total. The summed E-state index contributed by atoms with van der Waals surface area (Å²) in [5.74, 6) is 0.461. The van der Waals surface area contributed by atoms with E-state index in [1.165, 1.54) is 28.6 Å². The van der Waals surface area contributed by atoms with Gasteiger partial charge in [-0.3, -0.25) is 9.69 Å². The highest BCUT2D eigenvalue weighted by Gasteiger charge is 2.35. The quantitative estimate of drug-likeness (QED) is 0.409. The zero-order valence-corrected chi connectivity index (χ0v) is 17.8. The van der Waals surface area contributed by atoms with Gasteiger partial charge < -0.3 is 4.90 Å². The van der Waals surface area contributed by atoms with Crippen LogP contribution in [0.1, 0.15) is 49.8 Å². The highest BCUT2D eigenvalue weighted by atomic mass is 32.2. The topological polar surface area (TPSA) is 23.6 Å².